The van der Waals surface area contributed by atoms with E-state index in [4.69, 9.17) is 4.74 Å². The molecule has 0 saturated carbocycles. The molecule has 1 aromatic carbocycles. The maximum atomic E-state index is 12.3. The van der Waals surface area contributed by atoms with E-state index in [-0.39, 0.29) is 11.8 Å². The van der Waals surface area contributed by atoms with E-state index in [1.165, 1.54) is 16.2 Å². The maximum absolute atomic E-state index is 12.3. The molecular formula is C18H19N5O3S. The zero-order chi connectivity index (χ0) is 18.8. The minimum Gasteiger partial charge on any atom is -0.384 e. The van der Waals surface area contributed by atoms with Crippen LogP contribution in [0.4, 0.5) is 0 Å². The molecule has 1 aliphatic rings. The third kappa shape index (κ3) is 3.35. The second-order valence-corrected chi connectivity index (χ2v) is 7.35. The molecule has 0 atom stereocenters. The summed E-state index contributed by atoms with van der Waals surface area (Å²) in [6, 6.07) is 6.97. The molecule has 0 unspecified atom stereocenters. The molecule has 0 fully saturated rings. The molecule has 0 aliphatic carbocycles. The lowest BCUT2D eigenvalue weighted by atomic mass is 10.1. The predicted molar refractivity (Wildman–Crippen MR) is 99.0 cm³/mol. The average Bonchev–Trinajstić information content (AvgIpc) is 3.32. The highest BCUT2D eigenvalue weighted by Gasteiger charge is 2.34. The van der Waals surface area contributed by atoms with E-state index < -0.39 is 0 Å². The van der Waals surface area contributed by atoms with Gasteiger partial charge < -0.3 is 4.74 Å². The fourth-order valence-corrected chi connectivity index (χ4v) is 4.03. The first kappa shape index (κ1) is 17.7. The van der Waals surface area contributed by atoms with Crippen molar-refractivity contribution in [2.24, 2.45) is 0 Å². The summed E-state index contributed by atoms with van der Waals surface area (Å²) in [6.45, 7) is 1.00. The van der Waals surface area contributed by atoms with E-state index in [9.17, 15) is 9.59 Å². The Bertz CT molecular complexity index is 961. The number of carbonyl (C=O) groups excluding carboxylic acids is 2. The monoisotopic (exact) mass is 385 g/mol. The molecule has 4 rings (SSSR count). The maximum Gasteiger partial charge on any atom is 0.261 e. The number of hydrogen-bond acceptors (Lipinski definition) is 7. The summed E-state index contributed by atoms with van der Waals surface area (Å²) in [6.07, 6.45) is 3.02. The van der Waals surface area contributed by atoms with Gasteiger partial charge in [-0.3, -0.25) is 14.5 Å². The SMILES string of the molecule is COCCc1nnc2sc(CCCCN3C(=O)c4ccccc4C3=O)nn12. The highest BCUT2D eigenvalue weighted by molar-refractivity contribution is 7.16. The number of fused-ring (bicyclic) bond motifs is 2. The molecule has 27 heavy (non-hydrogen) atoms. The van der Waals surface area contributed by atoms with Gasteiger partial charge in [-0.05, 0) is 25.0 Å². The lowest BCUT2D eigenvalue weighted by molar-refractivity contribution is 0.0652. The standard InChI is InChI=1S/C18H19N5O3S/c1-26-11-9-14-19-20-18-23(14)21-15(27-18)8-4-5-10-22-16(24)12-6-2-3-7-13(12)17(22)25/h2-3,6-7H,4-5,8-11H2,1H3. The Morgan fingerprint density at radius 2 is 1.78 bits per heavy atom. The molecule has 8 nitrogen and oxygen atoms in total. The molecule has 0 bridgehead atoms. The van der Waals surface area contributed by atoms with Gasteiger partial charge in [0.1, 0.15) is 5.01 Å². The molecule has 0 saturated heterocycles. The van der Waals surface area contributed by atoms with Crippen LogP contribution in [-0.2, 0) is 17.6 Å². The molecule has 140 valence electrons. The molecule has 0 spiro atoms. The van der Waals surface area contributed by atoms with Crippen LogP contribution in [0.1, 0.15) is 44.4 Å². The van der Waals surface area contributed by atoms with Crippen LogP contribution in [0, 0.1) is 0 Å². The summed E-state index contributed by atoms with van der Waals surface area (Å²) in [7, 11) is 1.65. The van der Waals surface area contributed by atoms with Gasteiger partial charge in [-0.25, -0.2) is 0 Å². The number of aromatic nitrogens is 4. The topological polar surface area (TPSA) is 89.7 Å². The molecular weight excluding hydrogens is 366 g/mol. The molecule has 2 aromatic heterocycles. The Morgan fingerprint density at radius 1 is 1.04 bits per heavy atom. The predicted octanol–water partition coefficient (Wildman–Crippen LogP) is 1.99. The lowest BCUT2D eigenvalue weighted by Crippen LogP contribution is -2.30. The third-order valence-corrected chi connectivity index (χ3v) is 5.49. The normalized spacial score (nSPS) is 13.7. The van der Waals surface area contributed by atoms with Crippen LogP contribution in [-0.4, -0.2) is 56.8 Å². The Hall–Kier alpha value is -2.65. The van der Waals surface area contributed by atoms with Crippen molar-refractivity contribution in [2.75, 3.05) is 20.3 Å². The molecule has 0 radical (unpaired) electrons. The average molecular weight is 385 g/mol. The number of methoxy groups -OCH3 is 1. The fraction of sp³-hybridized carbons (Fsp3) is 0.389. The minimum atomic E-state index is -0.197. The summed E-state index contributed by atoms with van der Waals surface area (Å²) in [5.41, 5.74) is 1.000. The van der Waals surface area contributed by atoms with Crippen LogP contribution in [0.5, 0.6) is 0 Å². The van der Waals surface area contributed by atoms with Gasteiger partial charge in [-0.15, -0.1) is 10.2 Å². The van der Waals surface area contributed by atoms with Gasteiger partial charge >= 0.3 is 0 Å². The van der Waals surface area contributed by atoms with Crippen LogP contribution in [0.15, 0.2) is 24.3 Å². The Balaban J connectivity index is 1.32. The fourth-order valence-electron chi connectivity index (χ4n) is 3.14. The number of benzene rings is 1. The number of imide groups is 1. The van der Waals surface area contributed by atoms with E-state index >= 15 is 0 Å². The number of aryl methyl sites for hydroxylation is 1. The van der Waals surface area contributed by atoms with Gasteiger partial charge in [0.15, 0.2) is 5.82 Å². The van der Waals surface area contributed by atoms with Crippen LogP contribution in [0.2, 0.25) is 0 Å². The molecule has 3 heterocycles. The largest absolute Gasteiger partial charge is 0.384 e. The van der Waals surface area contributed by atoms with E-state index in [0.29, 0.717) is 30.7 Å². The van der Waals surface area contributed by atoms with Crippen LogP contribution in [0.25, 0.3) is 4.96 Å². The Morgan fingerprint density at radius 3 is 2.48 bits per heavy atom. The first-order chi connectivity index (χ1) is 13.2. The zero-order valence-electron chi connectivity index (χ0n) is 14.9. The number of carbonyl (C=O) groups is 2. The second kappa shape index (κ2) is 7.53. The quantitative estimate of drug-likeness (QED) is 0.435. The van der Waals surface area contributed by atoms with Crippen LogP contribution < -0.4 is 0 Å². The van der Waals surface area contributed by atoms with Gasteiger partial charge in [-0.2, -0.15) is 9.61 Å². The molecule has 0 N–H and O–H groups in total. The van der Waals surface area contributed by atoms with Crippen molar-refractivity contribution >= 4 is 28.1 Å². The number of amides is 2. The van der Waals surface area contributed by atoms with E-state index in [1.54, 1.807) is 35.9 Å². The molecule has 3 aromatic rings. The number of rotatable bonds is 8. The number of unbranched alkanes of at least 4 members (excludes halogenated alkanes) is 1. The van der Waals surface area contributed by atoms with Crippen LogP contribution in [0.3, 0.4) is 0 Å². The van der Waals surface area contributed by atoms with Crippen molar-refractivity contribution in [1.29, 1.82) is 0 Å². The summed E-state index contributed by atoms with van der Waals surface area (Å²) < 4.78 is 6.84. The minimum absolute atomic E-state index is 0.197. The van der Waals surface area contributed by atoms with Gasteiger partial charge in [0.2, 0.25) is 4.96 Å². The molecule has 2 amide bonds. The summed E-state index contributed by atoms with van der Waals surface area (Å²) >= 11 is 1.52. The van der Waals surface area contributed by atoms with Crippen LogP contribution >= 0.6 is 11.3 Å². The summed E-state index contributed by atoms with van der Waals surface area (Å²) in [4.78, 5) is 26.8. The number of hydrogen-bond donors (Lipinski definition) is 0. The van der Waals surface area contributed by atoms with Gasteiger partial charge in [0.25, 0.3) is 11.8 Å². The van der Waals surface area contributed by atoms with E-state index in [2.05, 4.69) is 15.3 Å². The molecule has 1 aliphatic heterocycles. The van der Waals surface area contributed by atoms with Crippen molar-refractivity contribution < 1.29 is 14.3 Å². The van der Waals surface area contributed by atoms with Crippen molar-refractivity contribution in [3.8, 4) is 0 Å². The first-order valence-electron chi connectivity index (χ1n) is 8.83. The van der Waals surface area contributed by atoms with Crippen molar-refractivity contribution in [1.82, 2.24) is 24.7 Å². The lowest BCUT2D eigenvalue weighted by Gasteiger charge is -2.12. The zero-order valence-corrected chi connectivity index (χ0v) is 15.7. The molecule has 9 heteroatoms. The van der Waals surface area contributed by atoms with E-state index in [1.807, 2.05) is 0 Å². The number of nitrogens with zero attached hydrogens (tertiary/aromatic N) is 5. The van der Waals surface area contributed by atoms with Crippen molar-refractivity contribution in [2.45, 2.75) is 25.7 Å². The Labute approximate surface area is 159 Å². The smallest absolute Gasteiger partial charge is 0.261 e. The first-order valence-corrected chi connectivity index (χ1v) is 9.65. The summed E-state index contributed by atoms with van der Waals surface area (Å²) in [5.74, 6) is 0.398. The Kier molecular flexibility index (Phi) is 4.95. The highest BCUT2D eigenvalue weighted by atomic mass is 32.1. The van der Waals surface area contributed by atoms with Crippen molar-refractivity contribution in [3.63, 3.8) is 0 Å². The number of ether oxygens (including phenoxy) is 1. The van der Waals surface area contributed by atoms with Gasteiger partial charge in [0.05, 0.1) is 17.7 Å². The van der Waals surface area contributed by atoms with Gasteiger partial charge in [0, 0.05) is 26.5 Å². The third-order valence-electron chi connectivity index (χ3n) is 4.53. The summed E-state index contributed by atoms with van der Waals surface area (Å²) in [5, 5.41) is 13.8. The second-order valence-electron chi connectivity index (χ2n) is 6.31. The van der Waals surface area contributed by atoms with Gasteiger partial charge in [-0.1, -0.05) is 23.5 Å². The highest BCUT2D eigenvalue weighted by Crippen LogP contribution is 2.23. The van der Waals surface area contributed by atoms with Crippen molar-refractivity contribution in [3.05, 3.63) is 46.2 Å². The van der Waals surface area contributed by atoms with E-state index in [0.717, 1.165) is 35.1 Å².